The molecule has 1 saturated heterocycles. The number of rotatable bonds is 13. The molecule has 6 nitrogen and oxygen atoms in total. The van der Waals surface area contributed by atoms with Gasteiger partial charge in [-0.05, 0) is 88.3 Å². The van der Waals surface area contributed by atoms with Crippen LogP contribution in [0.2, 0.25) is 0 Å². The van der Waals surface area contributed by atoms with Crippen LogP contribution in [0.4, 0.5) is 0 Å². The summed E-state index contributed by atoms with van der Waals surface area (Å²) in [6.45, 7) is 15.9. The van der Waals surface area contributed by atoms with E-state index in [0.29, 0.717) is 6.61 Å². The van der Waals surface area contributed by atoms with Gasteiger partial charge in [0.2, 0.25) is 0 Å². The van der Waals surface area contributed by atoms with Crippen LogP contribution >= 0.6 is 0 Å². The Kier molecular flexibility index (Phi) is 11.3. The lowest BCUT2D eigenvalue weighted by atomic mass is 9.80. The summed E-state index contributed by atoms with van der Waals surface area (Å²) in [6, 6.07) is 31.5. The van der Waals surface area contributed by atoms with Gasteiger partial charge in [0.15, 0.2) is 0 Å². The topological polar surface area (TPSA) is 54.4 Å². The fourth-order valence-electron chi connectivity index (χ4n) is 7.46. The predicted molar refractivity (Wildman–Crippen MR) is 189 cm³/mol. The molecule has 3 aromatic carbocycles. The second-order valence-electron chi connectivity index (χ2n) is 15.8. The van der Waals surface area contributed by atoms with Crippen LogP contribution in [0.1, 0.15) is 128 Å². The fraction of sp³-hybridized carbons (Fsp3) is 0.561. The number of aliphatic hydroxyl groups is 1. The Hall–Kier alpha value is -2.58. The first-order chi connectivity index (χ1) is 22.4. The summed E-state index contributed by atoms with van der Waals surface area (Å²) >= 11 is 0. The molecule has 0 radical (unpaired) electrons. The standard InChI is InChI=1S/C41H58N2O4/c1-32(33-20-12-8-13-21-33)46-43-40(7,31-45-41(43)27-18-11-19-28-41)29-26-36(34-22-14-9-15-23-34)47-42(39(5,6)30-44)37(38(2,3)4)35-24-16-10-17-25-35/h8-10,12-17,20-25,32,36-37,44H,11,18-19,26-31H2,1-7H3. The normalized spacial score (nSPS) is 22.4. The van der Waals surface area contributed by atoms with Crippen molar-refractivity contribution in [3.8, 4) is 0 Å². The van der Waals surface area contributed by atoms with Gasteiger partial charge in [-0.25, -0.2) is 0 Å². The highest BCUT2D eigenvalue weighted by Gasteiger charge is 2.56. The fourth-order valence-corrected chi connectivity index (χ4v) is 7.46. The van der Waals surface area contributed by atoms with E-state index in [9.17, 15) is 5.11 Å². The van der Waals surface area contributed by atoms with E-state index in [2.05, 4.69) is 144 Å². The van der Waals surface area contributed by atoms with Gasteiger partial charge >= 0.3 is 0 Å². The van der Waals surface area contributed by atoms with Crippen LogP contribution in [-0.4, -0.2) is 45.2 Å². The summed E-state index contributed by atoms with van der Waals surface area (Å²) in [5, 5.41) is 15.1. The van der Waals surface area contributed by atoms with Crippen molar-refractivity contribution in [1.82, 2.24) is 10.1 Å². The van der Waals surface area contributed by atoms with Crippen molar-refractivity contribution in [2.75, 3.05) is 13.2 Å². The van der Waals surface area contributed by atoms with E-state index in [4.69, 9.17) is 14.4 Å². The highest BCUT2D eigenvalue weighted by molar-refractivity contribution is 5.22. The Bertz CT molecular complexity index is 1370. The minimum atomic E-state index is -0.645. The SMILES string of the molecule is CC(ON1C(C)(CCC(ON(C(c2ccccc2)C(C)(C)C)C(C)(C)CO)c2ccccc2)COC12CCCCC2)c1ccccc1. The predicted octanol–water partition coefficient (Wildman–Crippen LogP) is 9.74. The average molecular weight is 643 g/mol. The van der Waals surface area contributed by atoms with Crippen molar-refractivity contribution >= 4 is 0 Å². The Balaban J connectivity index is 1.47. The molecule has 0 aromatic heterocycles. The molecule has 256 valence electrons. The van der Waals surface area contributed by atoms with Gasteiger partial charge in [-0.3, -0.25) is 9.68 Å². The van der Waals surface area contributed by atoms with Crippen LogP contribution in [0.5, 0.6) is 0 Å². The van der Waals surface area contributed by atoms with E-state index in [1.54, 1.807) is 0 Å². The van der Waals surface area contributed by atoms with Gasteiger partial charge < -0.3 is 9.84 Å². The van der Waals surface area contributed by atoms with Gasteiger partial charge in [0.05, 0.1) is 30.3 Å². The minimum absolute atomic E-state index is 0.0407. The maximum atomic E-state index is 10.7. The zero-order valence-electron chi connectivity index (χ0n) is 29.8. The summed E-state index contributed by atoms with van der Waals surface area (Å²) in [6.07, 6.45) is 6.70. The third-order valence-corrected chi connectivity index (χ3v) is 10.2. The third kappa shape index (κ3) is 8.18. The molecule has 5 rings (SSSR count). The molecule has 1 N–H and O–H groups in total. The minimum Gasteiger partial charge on any atom is -0.394 e. The van der Waals surface area contributed by atoms with Gasteiger partial charge in [-0.15, -0.1) is 5.06 Å². The number of benzene rings is 3. The third-order valence-electron chi connectivity index (χ3n) is 10.2. The van der Waals surface area contributed by atoms with E-state index in [0.717, 1.165) is 49.7 Å². The first-order valence-corrected chi connectivity index (χ1v) is 17.7. The van der Waals surface area contributed by atoms with Gasteiger partial charge in [-0.2, -0.15) is 5.06 Å². The smallest absolute Gasteiger partial charge is 0.144 e. The maximum absolute atomic E-state index is 10.7. The summed E-state index contributed by atoms with van der Waals surface area (Å²) in [4.78, 5) is 14.2. The molecule has 1 heterocycles. The van der Waals surface area contributed by atoms with E-state index in [1.807, 2.05) is 6.07 Å². The first kappa shape index (κ1) is 35.7. The number of hydroxylamine groups is 4. The van der Waals surface area contributed by atoms with Crippen molar-refractivity contribution in [2.45, 2.75) is 128 Å². The zero-order chi connectivity index (χ0) is 33.7. The van der Waals surface area contributed by atoms with Gasteiger partial charge in [0.25, 0.3) is 0 Å². The maximum Gasteiger partial charge on any atom is 0.144 e. The number of nitrogens with zero attached hydrogens (tertiary/aromatic N) is 2. The molecule has 1 aliphatic carbocycles. The Morgan fingerprint density at radius 3 is 1.87 bits per heavy atom. The van der Waals surface area contributed by atoms with Gasteiger partial charge in [-0.1, -0.05) is 118 Å². The highest BCUT2D eigenvalue weighted by Crippen LogP contribution is 2.49. The van der Waals surface area contributed by atoms with E-state index in [1.165, 1.54) is 12.0 Å². The average Bonchev–Trinajstić information content (AvgIpc) is 3.33. The van der Waals surface area contributed by atoms with E-state index in [-0.39, 0.29) is 35.8 Å². The molecular formula is C41H58N2O4. The number of hydrogen-bond donors (Lipinski definition) is 1. The van der Waals surface area contributed by atoms with Gasteiger partial charge in [0, 0.05) is 0 Å². The summed E-state index contributed by atoms with van der Waals surface area (Å²) in [7, 11) is 0. The van der Waals surface area contributed by atoms with Crippen LogP contribution < -0.4 is 0 Å². The molecule has 4 unspecified atom stereocenters. The van der Waals surface area contributed by atoms with Crippen molar-refractivity contribution in [1.29, 1.82) is 0 Å². The van der Waals surface area contributed by atoms with Crippen LogP contribution in [-0.2, 0) is 14.4 Å². The number of ether oxygens (including phenoxy) is 1. The highest BCUT2D eigenvalue weighted by atomic mass is 16.7. The number of hydrogen-bond acceptors (Lipinski definition) is 6. The van der Waals surface area contributed by atoms with Crippen molar-refractivity contribution in [3.05, 3.63) is 108 Å². The molecule has 1 aliphatic heterocycles. The van der Waals surface area contributed by atoms with Crippen molar-refractivity contribution in [2.24, 2.45) is 5.41 Å². The first-order valence-electron chi connectivity index (χ1n) is 17.7. The van der Waals surface area contributed by atoms with Crippen molar-refractivity contribution < 1.29 is 19.5 Å². The molecule has 1 spiro atoms. The van der Waals surface area contributed by atoms with Crippen LogP contribution in [0.15, 0.2) is 91.0 Å². The molecule has 0 bridgehead atoms. The lowest BCUT2D eigenvalue weighted by molar-refractivity contribution is -0.320. The summed E-state index contributed by atoms with van der Waals surface area (Å²) in [5.41, 5.74) is 1.87. The van der Waals surface area contributed by atoms with Crippen LogP contribution in [0.3, 0.4) is 0 Å². The molecule has 6 heteroatoms. The van der Waals surface area contributed by atoms with Gasteiger partial charge in [0.1, 0.15) is 17.9 Å². The molecule has 3 aromatic rings. The summed E-state index contributed by atoms with van der Waals surface area (Å²) < 4.78 is 6.79. The van der Waals surface area contributed by atoms with Crippen LogP contribution in [0, 0.1) is 5.41 Å². The Morgan fingerprint density at radius 2 is 1.34 bits per heavy atom. The molecule has 2 fully saturated rings. The lowest BCUT2D eigenvalue weighted by Crippen LogP contribution is -2.55. The monoisotopic (exact) mass is 642 g/mol. The van der Waals surface area contributed by atoms with E-state index >= 15 is 0 Å². The largest absolute Gasteiger partial charge is 0.394 e. The second-order valence-corrected chi connectivity index (χ2v) is 15.8. The second kappa shape index (κ2) is 14.9. The van der Waals surface area contributed by atoms with E-state index < -0.39 is 11.3 Å². The number of aliphatic hydroxyl groups excluding tert-OH is 1. The van der Waals surface area contributed by atoms with Crippen molar-refractivity contribution in [3.63, 3.8) is 0 Å². The zero-order valence-corrected chi connectivity index (χ0v) is 29.8. The molecule has 2 aliphatic rings. The summed E-state index contributed by atoms with van der Waals surface area (Å²) in [5.74, 6) is 0. The molecule has 1 saturated carbocycles. The molecule has 47 heavy (non-hydrogen) atoms. The Labute approximate surface area is 283 Å². The quantitative estimate of drug-likeness (QED) is 0.187. The molecule has 0 amide bonds. The Morgan fingerprint density at radius 1 is 0.809 bits per heavy atom. The molecular weight excluding hydrogens is 584 g/mol. The lowest BCUT2D eigenvalue weighted by Gasteiger charge is -2.48. The van der Waals surface area contributed by atoms with Crippen LogP contribution in [0.25, 0.3) is 0 Å². The molecule has 4 atom stereocenters.